The maximum atomic E-state index is 12.0. The average Bonchev–Trinajstić information content (AvgIpc) is 2.38. The van der Waals surface area contributed by atoms with E-state index < -0.39 is 0 Å². The molecule has 1 unspecified atom stereocenters. The third-order valence-corrected chi connectivity index (χ3v) is 3.48. The van der Waals surface area contributed by atoms with E-state index in [4.69, 9.17) is 10.5 Å². The van der Waals surface area contributed by atoms with Crippen LogP contribution in [0.1, 0.15) is 39.0 Å². The summed E-state index contributed by atoms with van der Waals surface area (Å²) in [4.78, 5) is 25.1. The van der Waals surface area contributed by atoms with Crippen LogP contribution >= 0.6 is 0 Å². The van der Waals surface area contributed by atoms with Crippen molar-refractivity contribution < 1.29 is 14.3 Å². The van der Waals surface area contributed by atoms with Crippen molar-refractivity contribution in [3.05, 3.63) is 0 Å². The fourth-order valence-electron chi connectivity index (χ4n) is 2.36. The number of piperidine rings is 1. The molecular formula is C13H24N2O3. The Hall–Kier alpha value is -1.10. The number of methoxy groups -OCH3 is 1. The molecule has 0 radical (unpaired) electrons. The molecule has 1 aliphatic heterocycles. The zero-order chi connectivity index (χ0) is 13.5. The van der Waals surface area contributed by atoms with E-state index in [1.165, 1.54) is 7.11 Å². The van der Waals surface area contributed by atoms with Gasteiger partial charge in [-0.25, -0.2) is 0 Å². The van der Waals surface area contributed by atoms with Crippen LogP contribution in [0.25, 0.3) is 0 Å². The molecule has 104 valence electrons. The first-order chi connectivity index (χ1) is 8.58. The number of hydrogen-bond acceptors (Lipinski definition) is 4. The minimum atomic E-state index is -0.162. The van der Waals surface area contributed by atoms with Crippen LogP contribution in [0.3, 0.4) is 0 Å². The molecule has 1 fully saturated rings. The normalized spacial score (nSPS) is 18.5. The van der Waals surface area contributed by atoms with E-state index in [1.54, 1.807) is 0 Å². The molecule has 0 aromatic heterocycles. The fraction of sp³-hybridized carbons (Fsp3) is 0.846. The van der Waals surface area contributed by atoms with Gasteiger partial charge in [0.1, 0.15) is 0 Å². The van der Waals surface area contributed by atoms with Crippen molar-refractivity contribution in [3.8, 4) is 0 Å². The molecule has 1 saturated heterocycles. The standard InChI is InChI=1S/C13H24N2O3/c1-3-4-11(14)9-12(16)15-7-5-10(6-8-15)13(17)18-2/h10-11H,3-9,14H2,1-2H3. The van der Waals surface area contributed by atoms with Gasteiger partial charge in [0.05, 0.1) is 13.0 Å². The van der Waals surface area contributed by atoms with Gasteiger partial charge in [-0.1, -0.05) is 13.3 Å². The van der Waals surface area contributed by atoms with Gasteiger partial charge in [0.25, 0.3) is 0 Å². The van der Waals surface area contributed by atoms with Crippen LogP contribution in [-0.4, -0.2) is 43.0 Å². The maximum Gasteiger partial charge on any atom is 0.308 e. The average molecular weight is 256 g/mol. The van der Waals surface area contributed by atoms with Crippen molar-refractivity contribution >= 4 is 11.9 Å². The second kappa shape index (κ2) is 7.36. The van der Waals surface area contributed by atoms with Crippen LogP contribution in [0, 0.1) is 5.92 Å². The first-order valence-electron chi connectivity index (χ1n) is 6.69. The van der Waals surface area contributed by atoms with Crippen LogP contribution in [0.5, 0.6) is 0 Å². The number of nitrogens with zero attached hydrogens (tertiary/aromatic N) is 1. The quantitative estimate of drug-likeness (QED) is 0.742. The highest BCUT2D eigenvalue weighted by Crippen LogP contribution is 2.19. The van der Waals surface area contributed by atoms with E-state index >= 15 is 0 Å². The summed E-state index contributed by atoms with van der Waals surface area (Å²) in [6.45, 7) is 3.33. The highest BCUT2D eigenvalue weighted by atomic mass is 16.5. The lowest BCUT2D eigenvalue weighted by atomic mass is 9.96. The van der Waals surface area contributed by atoms with Crippen LogP contribution in [-0.2, 0) is 14.3 Å². The molecule has 5 nitrogen and oxygen atoms in total. The Balaban J connectivity index is 2.33. The number of amides is 1. The molecule has 0 saturated carbocycles. The molecule has 18 heavy (non-hydrogen) atoms. The summed E-state index contributed by atoms with van der Waals surface area (Å²) in [5.74, 6) is -0.104. The van der Waals surface area contributed by atoms with Gasteiger partial charge in [-0.05, 0) is 19.3 Å². The van der Waals surface area contributed by atoms with Gasteiger partial charge < -0.3 is 15.4 Å². The number of ether oxygens (including phenoxy) is 1. The molecular weight excluding hydrogens is 232 g/mol. The monoisotopic (exact) mass is 256 g/mol. The number of nitrogens with two attached hydrogens (primary N) is 1. The third kappa shape index (κ3) is 4.29. The molecule has 0 spiro atoms. The fourth-order valence-corrected chi connectivity index (χ4v) is 2.36. The van der Waals surface area contributed by atoms with Crippen LogP contribution < -0.4 is 5.73 Å². The molecule has 0 aromatic carbocycles. The van der Waals surface area contributed by atoms with Crippen molar-refractivity contribution in [2.45, 2.75) is 45.1 Å². The van der Waals surface area contributed by atoms with E-state index in [1.807, 2.05) is 4.90 Å². The van der Waals surface area contributed by atoms with Crippen molar-refractivity contribution in [3.63, 3.8) is 0 Å². The van der Waals surface area contributed by atoms with Gasteiger partial charge >= 0.3 is 5.97 Å². The minimum Gasteiger partial charge on any atom is -0.469 e. The summed E-state index contributed by atoms with van der Waals surface area (Å²) in [7, 11) is 1.41. The van der Waals surface area contributed by atoms with Crippen molar-refractivity contribution in [2.75, 3.05) is 20.2 Å². The topological polar surface area (TPSA) is 72.6 Å². The highest BCUT2D eigenvalue weighted by Gasteiger charge is 2.28. The van der Waals surface area contributed by atoms with E-state index in [0.717, 1.165) is 12.8 Å². The molecule has 5 heteroatoms. The van der Waals surface area contributed by atoms with E-state index in [2.05, 4.69) is 6.92 Å². The summed E-state index contributed by atoms with van der Waals surface area (Å²) in [6, 6.07) is -0.0409. The van der Waals surface area contributed by atoms with Crippen LogP contribution in [0.4, 0.5) is 0 Å². The van der Waals surface area contributed by atoms with Crippen LogP contribution in [0.2, 0.25) is 0 Å². The Morgan fingerprint density at radius 1 is 1.39 bits per heavy atom. The van der Waals surface area contributed by atoms with Crippen molar-refractivity contribution in [1.82, 2.24) is 4.90 Å². The molecule has 1 atom stereocenters. The lowest BCUT2D eigenvalue weighted by molar-refractivity contribution is -0.149. The molecule has 0 aliphatic carbocycles. The number of esters is 1. The van der Waals surface area contributed by atoms with Gasteiger partial charge in [-0.3, -0.25) is 9.59 Å². The predicted molar refractivity (Wildman–Crippen MR) is 68.8 cm³/mol. The highest BCUT2D eigenvalue weighted by molar-refractivity contribution is 5.77. The Bertz CT molecular complexity index is 286. The van der Waals surface area contributed by atoms with E-state index in [-0.39, 0.29) is 23.8 Å². The van der Waals surface area contributed by atoms with Gasteiger partial charge in [-0.15, -0.1) is 0 Å². The largest absolute Gasteiger partial charge is 0.469 e. The Kier molecular flexibility index (Phi) is 6.12. The molecule has 1 rings (SSSR count). The zero-order valence-corrected chi connectivity index (χ0v) is 11.4. The number of hydrogen-bond donors (Lipinski definition) is 1. The minimum absolute atomic E-state index is 0.0409. The zero-order valence-electron chi connectivity index (χ0n) is 11.4. The van der Waals surface area contributed by atoms with Gasteiger partial charge in [0.2, 0.25) is 5.91 Å². The second-order valence-electron chi connectivity index (χ2n) is 4.93. The third-order valence-electron chi connectivity index (χ3n) is 3.48. The van der Waals surface area contributed by atoms with Crippen LogP contribution in [0.15, 0.2) is 0 Å². The van der Waals surface area contributed by atoms with Gasteiger partial charge in [0, 0.05) is 25.6 Å². The molecule has 1 aliphatic rings. The van der Waals surface area contributed by atoms with Gasteiger partial charge in [0.15, 0.2) is 0 Å². The van der Waals surface area contributed by atoms with Crippen molar-refractivity contribution in [2.24, 2.45) is 11.7 Å². The summed E-state index contributed by atoms with van der Waals surface area (Å²) >= 11 is 0. The maximum absolute atomic E-state index is 12.0. The first-order valence-corrected chi connectivity index (χ1v) is 6.69. The Morgan fingerprint density at radius 3 is 2.50 bits per heavy atom. The SMILES string of the molecule is CCCC(N)CC(=O)N1CCC(C(=O)OC)CC1. The number of likely N-dealkylation sites (tertiary alicyclic amines) is 1. The molecule has 0 bridgehead atoms. The Morgan fingerprint density at radius 2 is 2.00 bits per heavy atom. The summed E-state index contributed by atoms with van der Waals surface area (Å²) < 4.78 is 4.72. The summed E-state index contributed by atoms with van der Waals surface area (Å²) in [6.07, 6.45) is 3.68. The molecule has 0 aromatic rings. The lowest BCUT2D eigenvalue weighted by Crippen LogP contribution is -2.42. The number of rotatable bonds is 5. The predicted octanol–water partition coefficient (Wildman–Crippen LogP) is 0.916. The summed E-state index contributed by atoms with van der Waals surface area (Å²) in [5.41, 5.74) is 5.87. The van der Waals surface area contributed by atoms with E-state index in [0.29, 0.717) is 32.4 Å². The number of carbonyl (C=O) groups excluding carboxylic acids is 2. The lowest BCUT2D eigenvalue weighted by Gasteiger charge is -2.31. The van der Waals surface area contributed by atoms with E-state index in [9.17, 15) is 9.59 Å². The van der Waals surface area contributed by atoms with Crippen molar-refractivity contribution in [1.29, 1.82) is 0 Å². The smallest absolute Gasteiger partial charge is 0.308 e. The first kappa shape index (κ1) is 15.0. The number of carbonyl (C=O) groups is 2. The summed E-state index contributed by atoms with van der Waals surface area (Å²) in [5, 5.41) is 0. The van der Waals surface area contributed by atoms with Gasteiger partial charge in [-0.2, -0.15) is 0 Å². The molecule has 1 heterocycles. The Labute approximate surface area is 109 Å². The second-order valence-corrected chi connectivity index (χ2v) is 4.93. The molecule has 1 amide bonds. The molecule has 2 N–H and O–H groups in total.